The maximum absolute atomic E-state index is 11.9. The first-order valence-corrected chi connectivity index (χ1v) is 5.02. The molecule has 0 atom stereocenters. The van der Waals surface area contributed by atoms with Crippen LogP contribution in [0.4, 0.5) is 5.82 Å². The lowest BCUT2D eigenvalue weighted by Crippen LogP contribution is -2.12. The third-order valence-corrected chi connectivity index (χ3v) is 2.31. The minimum Gasteiger partial charge on any atom is -0.404 e. The van der Waals surface area contributed by atoms with Crippen LogP contribution in [0.1, 0.15) is 16.1 Å². The van der Waals surface area contributed by atoms with Gasteiger partial charge in [-0.25, -0.2) is 9.78 Å². The predicted molar refractivity (Wildman–Crippen MR) is 61.6 cm³/mol. The zero-order valence-corrected chi connectivity index (χ0v) is 9.54. The number of ether oxygens (including phenoxy) is 1. The van der Waals surface area contributed by atoms with E-state index in [1.54, 1.807) is 38.4 Å². The molecule has 2 rings (SSSR count). The van der Waals surface area contributed by atoms with Gasteiger partial charge in [-0.3, -0.25) is 4.68 Å². The number of aromatic nitrogens is 3. The monoisotopic (exact) mass is 232 g/mol. The molecule has 6 nitrogen and oxygen atoms in total. The number of nitrogens with zero attached hydrogens (tertiary/aromatic N) is 3. The molecule has 17 heavy (non-hydrogen) atoms. The molecule has 0 aliphatic heterocycles. The number of pyridine rings is 1. The molecule has 0 radical (unpaired) electrons. The Morgan fingerprint density at radius 2 is 2.24 bits per heavy atom. The summed E-state index contributed by atoms with van der Waals surface area (Å²) in [7, 11) is 1.67. The summed E-state index contributed by atoms with van der Waals surface area (Å²) in [5.74, 6) is -0.0321. The highest BCUT2D eigenvalue weighted by molar-refractivity contribution is 5.96. The van der Waals surface area contributed by atoms with Gasteiger partial charge in [-0.15, -0.1) is 0 Å². The summed E-state index contributed by atoms with van der Waals surface area (Å²) in [5, 5.41) is 4.04. The average Bonchev–Trinajstić information content (AvgIpc) is 2.54. The van der Waals surface area contributed by atoms with Crippen LogP contribution < -0.4 is 10.5 Å². The van der Waals surface area contributed by atoms with E-state index in [1.165, 1.54) is 4.68 Å². The van der Waals surface area contributed by atoms with E-state index in [0.29, 0.717) is 5.69 Å². The van der Waals surface area contributed by atoms with Gasteiger partial charge >= 0.3 is 5.97 Å². The van der Waals surface area contributed by atoms with E-state index in [4.69, 9.17) is 10.5 Å². The summed E-state index contributed by atoms with van der Waals surface area (Å²) in [6, 6.07) is 5.07. The van der Waals surface area contributed by atoms with Crippen molar-refractivity contribution in [2.45, 2.75) is 6.92 Å². The number of esters is 1. The lowest BCUT2D eigenvalue weighted by atomic mass is 10.2. The Hall–Kier alpha value is -2.37. The second-order valence-electron chi connectivity index (χ2n) is 3.53. The van der Waals surface area contributed by atoms with Gasteiger partial charge in [0.2, 0.25) is 5.88 Å². The molecule has 0 amide bonds. The van der Waals surface area contributed by atoms with Gasteiger partial charge in [0, 0.05) is 19.3 Å². The fourth-order valence-electron chi connectivity index (χ4n) is 1.48. The summed E-state index contributed by atoms with van der Waals surface area (Å²) in [5.41, 5.74) is 6.55. The SMILES string of the molecule is Cc1nn(C)c(N)c1C(=O)Oc1ccccn1. The van der Waals surface area contributed by atoms with Crippen LogP contribution in [-0.2, 0) is 7.05 Å². The lowest BCUT2D eigenvalue weighted by Gasteiger charge is -2.02. The zero-order chi connectivity index (χ0) is 12.4. The van der Waals surface area contributed by atoms with Gasteiger partial charge in [-0.2, -0.15) is 5.10 Å². The van der Waals surface area contributed by atoms with Gasteiger partial charge in [0.25, 0.3) is 0 Å². The molecule has 2 N–H and O–H groups in total. The molecule has 2 aromatic heterocycles. The number of nitrogens with two attached hydrogens (primary N) is 1. The van der Waals surface area contributed by atoms with E-state index in [9.17, 15) is 4.79 Å². The van der Waals surface area contributed by atoms with Crippen LogP contribution in [0.2, 0.25) is 0 Å². The van der Waals surface area contributed by atoms with E-state index < -0.39 is 5.97 Å². The highest BCUT2D eigenvalue weighted by Crippen LogP contribution is 2.17. The molecular formula is C11H12N4O2. The zero-order valence-electron chi connectivity index (χ0n) is 9.54. The van der Waals surface area contributed by atoms with Crippen LogP contribution in [0.25, 0.3) is 0 Å². The molecule has 0 saturated carbocycles. The Morgan fingerprint density at radius 1 is 1.47 bits per heavy atom. The topological polar surface area (TPSA) is 83.0 Å². The molecule has 0 unspecified atom stereocenters. The van der Waals surface area contributed by atoms with E-state index in [0.717, 1.165) is 0 Å². The summed E-state index contributed by atoms with van der Waals surface area (Å²) in [6.07, 6.45) is 1.54. The molecule has 0 saturated heterocycles. The number of hydrogen-bond donors (Lipinski definition) is 1. The number of nitrogen functional groups attached to an aromatic ring is 1. The average molecular weight is 232 g/mol. The Balaban J connectivity index is 2.27. The molecule has 0 aliphatic carbocycles. The van der Waals surface area contributed by atoms with E-state index in [2.05, 4.69) is 10.1 Å². The molecule has 2 aromatic rings. The first-order chi connectivity index (χ1) is 8.09. The van der Waals surface area contributed by atoms with Gasteiger partial charge in [0.05, 0.1) is 5.69 Å². The minimum absolute atomic E-state index is 0.236. The predicted octanol–water partition coefficient (Wildman–Crippen LogP) is 0.925. The maximum atomic E-state index is 11.9. The normalized spacial score (nSPS) is 10.2. The third-order valence-electron chi connectivity index (χ3n) is 2.31. The number of carbonyl (C=O) groups is 1. The van der Waals surface area contributed by atoms with Crippen LogP contribution in [0.5, 0.6) is 5.88 Å². The van der Waals surface area contributed by atoms with E-state index in [-0.39, 0.29) is 17.3 Å². The summed E-state index contributed by atoms with van der Waals surface area (Å²) >= 11 is 0. The summed E-state index contributed by atoms with van der Waals surface area (Å²) < 4.78 is 6.53. The van der Waals surface area contributed by atoms with Gasteiger partial charge < -0.3 is 10.5 Å². The fraction of sp³-hybridized carbons (Fsp3) is 0.182. The number of aryl methyl sites for hydroxylation is 2. The van der Waals surface area contributed by atoms with Crippen LogP contribution in [0, 0.1) is 6.92 Å². The van der Waals surface area contributed by atoms with Crippen LogP contribution >= 0.6 is 0 Å². The standard InChI is InChI=1S/C11H12N4O2/c1-7-9(10(12)15(2)14-7)11(16)17-8-5-3-4-6-13-8/h3-6H,12H2,1-2H3. The summed E-state index contributed by atoms with van der Waals surface area (Å²) in [4.78, 5) is 15.8. The molecule has 0 fully saturated rings. The number of hydrogen-bond acceptors (Lipinski definition) is 5. The van der Waals surface area contributed by atoms with Gasteiger partial charge in [-0.1, -0.05) is 6.07 Å². The van der Waals surface area contributed by atoms with Crippen molar-refractivity contribution >= 4 is 11.8 Å². The first-order valence-electron chi connectivity index (χ1n) is 5.02. The van der Waals surface area contributed by atoms with Crippen molar-refractivity contribution in [1.29, 1.82) is 0 Å². The number of rotatable bonds is 2. The Kier molecular flexibility index (Phi) is 2.78. The minimum atomic E-state index is -0.549. The van der Waals surface area contributed by atoms with Gasteiger partial charge in [0.15, 0.2) is 0 Å². The Bertz CT molecular complexity index is 548. The van der Waals surface area contributed by atoms with Crippen LogP contribution in [-0.4, -0.2) is 20.7 Å². The first kappa shape index (κ1) is 11.1. The maximum Gasteiger partial charge on any atom is 0.350 e. The highest BCUT2D eigenvalue weighted by atomic mass is 16.5. The molecular weight excluding hydrogens is 220 g/mol. The van der Waals surface area contributed by atoms with Crippen molar-refractivity contribution in [2.75, 3.05) is 5.73 Å². The van der Waals surface area contributed by atoms with Crippen molar-refractivity contribution in [2.24, 2.45) is 7.05 Å². The summed E-state index contributed by atoms with van der Waals surface area (Å²) in [6.45, 7) is 1.70. The second kappa shape index (κ2) is 4.25. The lowest BCUT2D eigenvalue weighted by molar-refractivity contribution is 0.0728. The van der Waals surface area contributed by atoms with Crippen molar-refractivity contribution in [3.8, 4) is 5.88 Å². The van der Waals surface area contributed by atoms with Crippen molar-refractivity contribution < 1.29 is 9.53 Å². The fourth-order valence-corrected chi connectivity index (χ4v) is 1.48. The van der Waals surface area contributed by atoms with Crippen LogP contribution in [0.3, 0.4) is 0 Å². The quantitative estimate of drug-likeness (QED) is 0.778. The van der Waals surface area contributed by atoms with Gasteiger partial charge in [-0.05, 0) is 13.0 Å². The van der Waals surface area contributed by atoms with Gasteiger partial charge in [0.1, 0.15) is 11.4 Å². The Morgan fingerprint density at radius 3 is 2.76 bits per heavy atom. The van der Waals surface area contributed by atoms with Crippen molar-refractivity contribution in [1.82, 2.24) is 14.8 Å². The smallest absolute Gasteiger partial charge is 0.350 e. The van der Waals surface area contributed by atoms with Crippen molar-refractivity contribution in [3.05, 3.63) is 35.7 Å². The largest absolute Gasteiger partial charge is 0.404 e. The second-order valence-corrected chi connectivity index (χ2v) is 3.53. The number of carbonyl (C=O) groups excluding carboxylic acids is 1. The molecule has 0 aromatic carbocycles. The molecule has 0 bridgehead atoms. The van der Waals surface area contributed by atoms with Crippen LogP contribution in [0.15, 0.2) is 24.4 Å². The third kappa shape index (κ3) is 2.10. The van der Waals surface area contributed by atoms with E-state index in [1.807, 2.05) is 0 Å². The van der Waals surface area contributed by atoms with E-state index >= 15 is 0 Å². The number of anilines is 1. The molecule has 6 heteroatoms. The molecule has 2 heterocycles. The Labute approximate surface area is 98.0 Å². The highest BCUT2D eigenvalue weighted by Gasteiger charge is 2.20. The van der Waals surface area contributed by atoms with Crippen molar-refractivity contribution in [3.63, 3.8) is 0 Å². The molecule has 0 aliphatic rings. The molecule has 88 valence electrons. The molecule has 0 spiro atoms.